The van der Waals surface area contributed by atoms with Crippen LogP contribution in [0.25, 0.3) is 0 Å². The third kappa shape index (κ3) is 5.85. The molecule has 0 aromatic heterocycles. The summed E-state index contributed by atoms with van der Waals surface area (Å²) in [5.74, 6) is 6.92. The molecule has 3 unspecified atom stereocenters. The Morgan fingerprint density at radius 2 is 0.828 bits per heavy atom. The third-order valence-electron chi connectivity index (χ3n) is 9.91. The van der Waals surface area contributed by atoms with Gasteiger partial charge in [-0.25, -0.2) is 0 Å². The second-order valence-electron chi connectivity index (χ2n) is 11.9. The second-order valence-corrected chi connectivity index (χ2v) is 11.9. The average Bonchev–Trinajstić information content (AvgIpc) is 2.76. The lowest BCUT2D eigenvalue weighted by Gasteiger charge is -2.39. The maximum Gasteiger partial charge on any atom is 0.0708 e. The van der Waals surface area contributed by atoms with E-state index < -0.39 is 0 Å². The molecule has 0 amide bonds. The van der Waals surface area contributed by atoms with Gasteiger partial charge in [-0.3, -0.25) is 0 Å². The van der Waals surface area contributed by atoms with Crippen molar-refractivity contribution in [1.29, 1.82) is 0 Å². The van der Waals surface area contributed by atoms with Gasteiger partial charge in [-0.1, -0.05) is 40.0 Å². The van der Waals surface area contributed by atoms with Crippen molar-refractivity contribution in [2.24, 2.45) is 51.7 Å². The quantitative estimate of drug-likeness (QED) is 0.423. The Morgan fingerprint density at radius 3 is 1.31 bits per heavy atom. The van der Waals surface area contributed by atoms with Crippen molar-refractivity contribution in [3.8, 4) is 0 Å². The average molecular weight is 401 g/mol. The predicted molar refractivity (Wildman–Crippen MR) is 123 cm³/mol. The highest BCUT2D eigenvalue weighted by molar-refractivity contribution is 4.86. The van der Waals surface area contributed by atoms with E-state index in [0.717, 1.165) is 41.4 Å². The summed E-state index contributed by atoms with van der Waals surface area (Å²) in [6, 6.07) is 1.09. The standard InChI is InChI=1S/C27H48N2/c1-19-4-7-22(8-5-19)23-10-14-26(15-11-23)28-29-27-16-12-24(13-17-27)25-9-6-20(2)21(3)18-25/h19-27H,4-18H2,1-3H3. The minimum Gasteiger partial charge on any atom is -0.191 e. The van der Waals surface area contributed by atoms with Crippen molar-refractivity contribution in [1.82, 2.24) is 0 Å². The zero-order chi connectivity index (χ0) is 20.2. The highest BCUT2D eigenvalue weighted by atomic mass is 15.1. The van der Waals surface area contributed by atoms with Gasteiger partial charge in [0.2, 0.25) is 0 Å². The number of hydrogen-bond donors (Lipinski definition) is 0. The molecule has 29 heavy (non-hydrogen) atoms. The largest absolute Gasteiger partial charge is 0.191 e. The molecule has 0 saturated heterocycles. The van der Waals surface area contributed by atoms with Gasteiger partial charge in [0.1, 0.15) is 0 Å². The van der Waals surface area contributed by atoms with Crippen LogP contribution in [0.5, 0.6) is 0 Å². The normalized spacial score (nSPS) is 47.3. The summed E-state index contributed by atoms with van der Waals surface area (Å²) >= 11 is 0. The smallest absolute Gasteiger partial charge is 0.0708 e. The van der Waals surface area contributed by atoms with E-state index in [2.05, 4.69) is 20.8 Å². The number of azo groups is 1. The first-order chi connectivity index (χ1) is 14.1. The highest BCUT2D eigenvalue weighted by Crippen LogP contribution is 2.43. The first-order valence-corrected chi connectivity index (χ1v) is 13.5. The van der Waals surface area contributed by atoms with Crippen LogP contribution >= 0.6 is 0 Å². The van der Waals surface area contributed by atoms with Gasteiger partial charge < -0.3 is 0 Å². The molecule has 2 nitrogen and oxygen atoms in total. The van der Waals surface area contributed by atoms with Crippen molar-refractivity contribution in [3.05, 3.63) is 0 Å². The van der Waals surface area contributed by atoms with Crippen molar-refractivity contribution >= 4 is 0 Å². The summed E-state index contributed by atoms with van der Waals surface area (Å²) in [7, 11) is 0. The number of hydrogen-bond acceptors (Lipinski definition) is 2. The van der Waals surface area contributed by atoms with Gasteiger partial charge in [0.15, 0.2) is 0 Å². The molecular formula is C27H48N2. The molecule has 0 spiro atoms. The van der Waals surface area contributed by atoms with Crippen LogP contribution in [0.15, 0.2) is 10.2 Å². The molecule has 0 radical (unpaired) electrons. The van der Waals surface area contributed by atoms with E-state index in [4.69, 9.17) is 10.2 Å². The van der Waals surface area contributed by atoms with Crippen LogP contribution in [0.3, 0.4) is 0 Å². The number of nitrogens with zero attached hydrogens (tertiary/aromatic N) is 2. The van der Waals surface area contributed by atoms with Gasteiger partial charge in [-0.15, -0.1) is 0 Å². The van der Waals surface area contributed by atoms with Crippen molar-refractivity contribution in [2.75, 3.05) is 0 Å². The van der Waals surface area contributed by atoms with Crippen molar-refractivity contribution in [3.63, 3.8) is 0 Å². The topological polar surface area (TPSA) is 24.7 Å². The summed E-state index contributed by atoms with van der Waals surface area (Å²) < 4.78 is 0. The fourth-order valence-electron chi connectivity index (χ4n) is 7.34. The lowest BCUT2D eigenvalue weighted by molar-refractivity contribution is 0.126. The molecule has 4 saturated carbocycles. The molecule has 4 rings (SSSR count). The maximum atomic E-state index is 4.89. The summed E-state index contributed by atoms with van der Waals surface area (Å²) in [6.07, 6.45) is 21.3. The van der Waals surface area contributed by atoms with Gasteiger partial charge in [-0.2, -0.15) is 10.2 Å². The van der Waals surface area contributed by atoms with E-state index in [1.165, 1.54) is 96.3 Å². The molecule has 0 aliphatic heterocycles. The molecule has 4 fully saturated rings. The summed E-state index contributed by atoms with van der Waals surface area (Å²) in [5, 5.41) is 9.77. The van der Waals surface area contributed by atoms with Gasteiger partial charge in [0.25, 0.3) is 0 Å². The predicted octanol–water partition coefficient (Wildman–Crippen LogP) is 8.45. The molecule has 0 aromatic carbocycles. The van der Waals surface area contributed by atoms with E-state index in [1.807, 2.05) is 0 Å². The van der Waals surface area contributed by atoms with E-state index in [1.54, 1.807) is 0 Å². The van der Waals surface area contributed by atoms with Crippen LogP contribution in [0, 0.1) is 41.4 Å². The maximum absolute atomic E-state index is 4.89. The van der Waals surface area contributed by atoms with Crippen LogP contribution in [0.4, 0.5) is 0 Å². The van der Waals surface area contributed by atoms with Crippen LogP contribution in [-0.2, 0) is 0 Å². The molecule has 2 heteroatoms. The van der Waals surface area contributed by atoms with Gasteiger partial charge in [0, 0.05) is 0 Å². The summed E-state index contributed by atoms with van der Waals surface area (Å²) in [6.45, 7) is 7.39. The van der Waals surface area contributed by atoms with Crippen molar-refractivity contribution in [2.45, 2.75) is 129 Å². The molecule has 0 N–H and O–H groups in total. The SMILES string of the molecule is CC1CCC(C2CCC(N=NC3CCC(C4CCC(C)C(C)C4)CC3)CC2)CC1. The number of rotatable bonds is 4. The van der Waals surface area contributed by atoms with Gasteiger partial charge in [-0.05, 0) is 118 Å². The Kier molecular flexibility index (Phi) is 7.73. The molecule has 0 bridgehead atoms. The lowest BCUT2D eigenvalue weighted by Crippen LogP contribution is -2.29. The summed E-state index contributed by atoms with van der Waals surface area (Å²) in [4.78, 5) is 0. The molecule has 3 atom stereocenters. The zero-order valence-electron chi connectivity index (χ0n) is 19.7. The highest BCUT2D eigenvalue weighted by Gasteiger charge is 2.33. The van der Waals surface area contributed by atoms with E-state index in [9.17, 15) is 0 Å². The monoisotopic (exact) mass is 400 g/mol. The Morgan fingerprint density at radius 1 is 0.414 bits per heavy atom. The van der Waals surface area contributed by atoms with E-state index in [0.29, 0.717) is 12.1 Å². The Hall–Kier alpha value is -0.400. The molecule has 166 valence electrons. The Bertz CT molecular complexity index is 505. The van der Waals surface area contributed by atoms with Gasteiger partial charge >= 0.3 is 0 Å². The molecule has 4 aliphatic carbocycles. The van der Waals surface area contributed by atoms with Crippen LogP contribution in [0.2, 0.25) is 0 Å². The van der Waals surface area contributed by atoms with Crippen LogP contribution in [0.1, 0.15) is 117 Å². The summed E-state index contributed by atoms with van der Waals surface area (Å²) in [5.41, 5.74) is 0. The second kappa shape index (κ2) is 10.3. The fourth-order valence-corrected chi connectivity index (χ4v) is 7.34. The molecule has 4 aliphatic rings. The van der Waals surface area contributed by atoms with E-state index >= 15 is 0 Å². The van der Waals surface area contributed by atoms with Crippen LogP contribution < -0.4 is 0 Å². The fraction of sp³-hybridized carbons (Fsp3) is 1.00. The Labute approximate surface area is 181 Å². The molecule has 0 aromatic rings. The minimum atomic E-state index is 0.545. The van der Waals surface area contributed by atoms with Gasteiger partial charge in [0.05, 0.1) is 12.1 Å². The third-order valence-corrected chi connectivity index (χ3v) is 9.91. The zero-order valence-corrected chi connectivity index (χ0v) is 19.7. The molecular weight excluding hydrogens is 352 g/mol. The minimum absolute atomic E-state index is 0.545. The molecule has 0 heterocycles. The Balaban J connectivity index is 1.15. The van der Waals surface area contributed by atoms with E-state index in [-0.39, 0.29) is 0 Å². The van der Waals surface area contributed by atoms with Crippen molar-refractivity contribution < 1.29 is 0 Å². The van der Waals surface area contributed by atoms with Crippen LogP contribution in [-0.4, -0.2) is 12.1 Å². The first kappa shape index (κ1) is 21.8. The first-order valence-electron chi connectivity index (χ1n) is 13.5. The lowest BCUT2D eigenvalue weighted by atomic mass is 9.67.